The van der Waals surface area contributed by atoms with E-state index in [4.69, 9.17) is 9.47 Å². The second-order valence-corrected chi connectivity index (χ2v) is 8.54. The minimum Gasteiger partial charge on any atom is -0.493 e. The van der Waals surface area contributed by atoms with E-state index < -0.39 is 18.0 Å². The van der Waals surface area contributed by atoms with Crippen molar-refractivity contribution in [2.75, 3.05) is 37.7 Å². The Kier molecular flexibility index (Phi) is 5.28. The molecule has 0 aliphatic carbocycles. The molecular weight excluding hydrogens is 421 g/mol. The van der Waals surface area contributed by atoms with Gasteiger partial charge in [-0.25, -0.2) is 0 Å². The maximum absolute atomic E-state index is 13.8. The van der Waals surface area contributed by atoms with E-state index in [1.807, 2.05) is 30.3 Å². The highest BCUT2D eigenvalue weighted by Gasteiger charge is 2.57. The summed E-state index contributed by atoms with van der Waals surface area (Å²) < 4.78 is 48.4. The molecule has 5 nitrogen and oxygen atoms in total. The van der Waals surface area contributed by atoms with E-state index in [1.54, 1.807) is 4.90 Å². The summed E-state index contributed by atoms with van der Waals surface area (Å²) in [7, 11) is 0. The first-order valence-corrected chi connectivity index (χ1v) is 11.0. The Bertz CT molecular complexity index is 1040. The fourth-order valence-electron chi connectivity index (χ4n) is 4.97. The zero-order chi connectivity index (χ0) is 22.3. The van der Waals surface area contributed by atoms with E-state index in [0.29, 0.717) is 38.4 Å². The second kappa shape index (κ2) is 7.99. The van der Waals surface area contributed by atoms with Crippen molar-refractivity contribution in [1.82, 2.24) is 5.32 Å². The number of hydrogen-bond acceptors (Lipinski definition) is 4. The number of para-hydroxylation sites is 1. The van der Waals surface area contributed by atoms with Crippen LogP contribution in [0.25, 0.3) is 0 Å². The van der Waals surface area contributed by atoms with Gasteiger partial charge < -0.3 is 19.7 Å². The van der Waals surface area contributed by atoms with Crippen LogP contribution in [0.15, 0.2) is 36.4 Å². The van der Waals surface area contributed by atoms with Gasteiger partial charge in [0, 0.05) is 36.7 Å². The van der Waals surface area contributed by atoms with Gasteiger partial charge in [0.15, 0.2) is 0 Å². The van der Waals surface area contributed by atoms with E-state index in [0.717, 1.165) is 34.5 Å². The Morgan fingerprint density at radius 3 is 2.69 bits per heavy atom. The van der Waals surface area contributed by atoms with Crippen LogP contribution in [0.5, 0.6) is 11.5 Å². The summed E-state index contributed by atoms with van der Waals surface area (Å²) in [5.74, 6) is 1.52. The van der Waals surface area contributed by atoms with Crippen LogP contribution in [-0.2, 0) is 16.6 Å². The van der Waals surface area contributed by atoms with Gasteiger partial charge >= 0.3 is 6.18 Å². The number of carbonyl (C=O) groups is 1. The molecule has 1 atom stereocenters. The lowest BCUT2D eigenvalue weighted by Gasteiger charge is -2.23. The first-order valence-electron chi connectivity index (χ1n) is 11.0. The number of ether oxygens (including phenoxy) is 2. The van der Waals surface area contributed by atoms with E-state index >= 15 is 0 Å². The first-order chi connectivity index (χ1) is 15.4. The predicted octanol–water partition coefficient (Wildman–Crippen LogP) is 3.97. The standard InChI is InChI=1S/C24H25F3N2O3/c25-24(26,27)8-3-9-28-10-4-11-29-19-6-2-1-5-17(19)23(22(29)30)15-32-21-14-20-16(7-12-31-20)13-18(21)23/h1-2,5-6,13-14,28H,3-4,7-12,15H2. The second-order valence-electron chi connectivity index (χ2n) is 8.54. The van der Waals surface area contributed by atoms with Crippen molar-refractivity contribution in [3.8, 4) is 11.5 Å². The molecule has 0 fully saturated rings. The molecule has 170 valence electrons. The molecule has 0 saturated heterocycles. The highest BCUT2D eigenvalue weighted by molar-refractivity contribution is 6.11. The number of rotatable bonds is 7. The third-order valence-electron chi connectivity index (χ3n) is 6.51. The molecule has 0 bridgehead atoms. The van der Waals surface area contributed by atoms with Crippen molar-refractivity contribution in [3.63, 3.8) is 0 Å². The van der Waals surface area contributed by atoms with Crippen LogP contribution in [0.3, 0.4) is 0 Å². The molecule has 5 rings (SSSR count). The quantitative estimate of drug-likeness (QED) is 0.654. The molecule has 1 unspecified atom stereocenters. The summed E-state index contributed by atoms with van der Waals surface area (Å²) >= 11 is 0. The molecule has 3 aliphatic rings. The summed E-state index contributed by atoms with van der Waals surface area (Å²) in [6.07, 6.45) is -3.38. The smallest absolute Gasteiger partial charge is 0.389 e. The third kappa shape index (κ3) is 3.50. The van der Waals surface area contributed by atoms with Crippen LogP contribution in [0.2, 0.25) is 0 Å². The van der Waals surface area contributed by atoms with Gasteiger partial charge in [-0.15, -0.1) is 0 Å². The Morgan fingerprint density at radius 1 is 1.03 bits per heavy atom. The van der Waals surface area contributed by atoms with Crippen molar-refractivity contribution < 1.29 is 27.4 Å². The summed E-state index contributed by atoms with van der Waals surface area (Å²) in [6, 6.07) is 11.8. The molecule has 0 aromatic heterocycles. The summed E-state index contributed by atoms with van der Waals surface area (Å²) in [5.41, 5.74) is 2.96. The largest absolute Gasteiger partial charge is 0.493 e. The number of nitrogens with one attached hydrogen (secondary N) is 1. The number of alkyl halides is 3. The predicted molar refractivity (Wildman–Crippen MR) is 113 cm³/mol. The van der Waals surface area contributed by atoms with Crippen molar-refractivity contribution in [2.45, 2.75) is 37.3 Å². The first kappa shape index (κ1) is 21.1. The molecule has 3 aliphatic heterocycles. The maximum atomic E-state index is 13.8. The number of carbonyl (C=O) groups excluding carboxylic acids is 1. The number of benzene rings is 2. The normalized spacial score (nSPS) is 20.8. The Hall–Kier alpha value is -2.74. The maximum Gasteiger partial charge on any atom is 0.389 e. The molecule has 0 saturated carbocycles. The number of anilines is 1. The van der Waals surface area contributed by atoms with Crippen LogP contribution in [0.4, 0.5) is 18.9 Å². The number of hydrogen-bond donors (Lipinski definition) is 1. The molecule has 2 aromatic rings. The fourth-order valence-corrected chi connectivity index (χ4v) is 4.97. The van der Waals surface area contributed by atoms with E-state index in [1.165, 1.54) is 0 Å². The molecule has 0 radical (unpaired) electrons. The average molecular weight is 446 g/mol. The summed E-state index contributed by atoms with van der Waals surface area (Å²) in [6.45, 7) is 2.25. The molecule has 32 heavy (non-hydrogen) atoms. The number of fused-ring (bicyclic) bond motifs is 5. The summed E-state index contributed by atoms with van der Waals surface area (Å²) in [5, 5.41) is 3.05. The van der Waals surface area contributed by atoms with Gasteiger partial charge in [0.1, 0.15) is 23.5 Å². The van der Waals surface area contributed by atoms with Gasteiger partial charge in [0.05, 0.1) is 6.61 Å². The Balaban J connectivity index is 1.31. The lowest BCUT2D eigenvalue weighted by Crippen LogP contribution is -2.43. The molecule has 1 spiro atoms. The Labute approximate surface area is 184 Å². The van der Waals surface area contributed by atoms with Crippen molar-refractivity contribution >= 4 is 11.6 Å². The highest BCUT2D eigenvalue weighted by Crippen LogP contribution is 2.53. The van der Waals surface area contributed by atoms with Crippen LogP contribution >= 0.6 is 0 Å². The minimum absolute atomic E-state index is 0.00612. The SMILES string of the molecule is O=C1N(CCCNCCCC(F)(F)F)c2ccccc2C12COc1cc3c(cc12)CCO3. The van der Waals surface area contributed by atoms with E-state index in [2.05, 4.69) is 11.4 Å². The van der Waals surface area contributed by atoms with Gasteiger partial charge in [0.2, 0.25) is 5.91 Å². The number of halogens is 3. The number of amides is 1. The molecule has 1 N–H and O–H groups in total. The minimum atomic E-state index is -4.12. The summed E-state index contributed by atoms with van der Waals surface area (Å²) in [4.78, 5) is 15.6. The molecule has 8 heteroatoms. The van der Waals surface area contributed by atoms with Crippen molar-refractivity contribution in [2.24, 2.45) is 0 Å². The highest BCUT2D eigenvalue weighted by atomic mass is 19.4. The molecule has 2 aromatic carbocycles. The number of nitrogens with zero attached hydrogens (tertiary/aromatic N) is 1. The van der Waals surface area contributed by atoms with Crippen LogP contribution < -0.4 is 19.7 Å². The lowest BCUT2D eigenvalue weighted by molar-refractivity contribution is -0.135. The monoisotopic (exact) mass is 446 g/mol. The van der Waals surface area contributed by atoms with Gasteiger partial charge in [-0.3, -0.25) is 4.79 Å². The van der Waals surface area contributed by atoms with Crippen LogP contribution in [-0.4, -0.2) is 44.9 Å². The van der Waals surface area contributed by atoms with E-state index in [9.17, 15) is 18.0 Å². The van der Waals surface area contributed by atoms with E-state index in [-0.39, 0.29) is 18.9 Å². The zero-order valence-electron chi connectivity index (χ0n) is 17.6. The molecule has 1 amide bonds. The van der Waals surface area contributed by atoms with Gasteiger partial charge in [-0.05, 0) is 49.2 Å². The van der Waals surface area contributed by atoms with Gasteiger partial charge in [-0.2, -0.15) is 13.2 Å². The zero-order valence-corrected chi connectivity index (χ0v) is 17.6. The average Bonchev–Trinajstić information content (AvgIpc) is 3.43. The van der Waals surface area contributed by atoms with Crippen molar-refractivity contribution in [1.29, 1.82) is 0 Å². The lowest BCUT2D eigenvalue weighted by atomic mass is 9.76. The van der Waals surface area contributed by atoms with Gasteiger partial charge in [0.25, 0.3) is 0 Å². The van der Waals surface area contributed by atoms with Gasteiger partial charge in [-0.1, -0.05) is 18.2 Å². The van der Waals surface area contributed by atoms with Crippen LogP contribution in [0, 0.1) is 0 Å². The third-order valence-corrected chi connectivity index (χ3v) is 6.51. The fraction of sp³-hybridized carbons (Fsp3) is 0.458. The molecule has 3 heterocycles. The van der Waals surface area contributed by atoms with Crippen LogP contribution in [0.1, 0.15) is 36.0 Å². The topological polar surface area (TPSA) is 50.8 Å². The Morgan fingerprint density at radius 2 is 1.84 bits per heavy atom. The van der Waals surface area contributed by atoms with Crippen molar-refractivity contribution in [3.05, 3.63) is 53.1 Å². The molecular formula is C24H25F3N2O3.